The van der Waals surface area contributed by atoms with Crippen molar-refractivity contribution in [2.24, 2.45) is 4.99 Å². The van der Waals surface area contributed by atoms with Crippen LogP contribution in [0.3, 0.4) is 0 Å². The summed E-state index contributed by atoms with van der Waals surface area (Å²) < 4.78 is 10.6. The number of nitrogens with zero attached hydrogens (tertiary/aromatic N) is 1. The molecule has 5 nitrogen and oxygen atoms in total. The van der Waals surface area contributed by atoms with Crippen LogP contribution in [-0.4, -0.2) is 27.2 Å². The number of benzene rings is 2. The maximum Gasteiger partial charge on any atom is 0.195 e. The van der Waals surface area contributed by atoms with Gasteiger partial charge in [0.1, 0.15) is 0 Å². The molecule has 140 valence electrons. The van der Waals surface area contributed by atoms with Crippen molar-refractivity contribution in [1.82, 2.24) is 5.32 Å². The van der Waals surface area contributed by atoms with Crippen molar-refractivity contribution in [2.75, 3.05) is 26.6 Å². The van der Waals surface area contributed by atoms with E-state index in [0.29, 0.717) is 17.5 Å². The van der Waals surface area contributed by atoms with Crippen molar-refractivity contribution >= 4 is 35.6 Å². The highest BCUT2D eigenvalue weighted by Gasteiger charge is 2.11. The Morgan fingerprint density at radius 3 is 2.50 bits per heavy atom. The number of fused-ring (bicyclic) bond motifs is 1. The highest BCUT2D eigenvalue weighted by atomic mass is 127. The second-order valence-corrected chi connectivity index (χ2v) is 6.08. The number of anilines is 1. The van der Waals surface area contributed by atoms with Crippen LogP contribution >= 0.6 is 24.0 Å². The minimum atomic E-state index is 0. The summed E-state index contributed by atoms with van der Waals surface area (Å²) in [6, 6.07) is 12.4. The lowest BCUT2D eigenvalue weighted by Gasteiger charge is -2.14. The number of aryl methyl sites for hydroxylation is 2. The van der Waals surface area contributed by atoms with Gasteiger partial charge in [0.25, 0.3) is 0 Å². The largest absolute Gasteiger partial charge is 0.493 e. The van der Waals surface area contributed by atoms with Gasteiger partial charge in [0.2, 0.25) is 0 Å². The topological polar surface area (TPSA) is 54.9 Å². The third-order valence-electron chi connectivity index (χ3n) is 4.49. The van der Waals surface area contributed by atoms with Crippen LogP contribution in [0.25, 0.3) is 0 Å². The molecule has 1 aliphatic rings. The molecule has 6 heteroatoms. The molecule has 0 saturated heterocycles. The van der Waals surface area contributed by atoms with Crippen molar-refractivity contribution in [3.63, 3.8) is 0 Å². The van der Waals surface area contributed by atoms with E-state index in [1.54, 1.807) is 21.3 Å². The maximum absolute atomic E-state index is 5.34. The standard InChI is InChI=1S/C20H25N3O2.HI/c1-21-20(23-17-9-10-18(24-2)19(12-17)25-3)22-13-14-7-8-15-5-4-6-16(15)11-14;/h7-12H,4-6,13H2,1-3H3,(H2,21,22,23);1H. The quantitative estimate of drug-likeness (QED) is 0.397. The number of hydrogen-bond acceptors (Lipinski definition) is 3. The molecule has 26 heavy (non-hydrogen) atoms. The van der Waals surface area contributed by atoms with Crippen LogP contribution in [0.5, 0.6) is 11.5 Å². The molecule has 2 aromatic rings. The predicted octanol–water partition coefficient (Wildman–Crippen LogP) is 4.00. The first kappa shape index (κ1) is 20.4. The summed E-state index contributed by atoms with van der Waals surface area (Å²) >= 11 is 0. The molecule has 0 saturated carbocycles. The van der Waals surface area contributed by atoms with Gasteiger partial charge in [-0.1, -0.05) is 18.2 Å². The van der Waals surface area contributed by atoms with Crippen LogP contribution < -0.4 is 20.1 Å². The van der Waals surface area contributed by atoms with Crippen LogP contribution in [-0.2, 0) is 19.4 Å². The molecule has 0 bridgehead atoms. The molecule has 2 N–H and O–H groups in total. The van der Waals surface area contributed by atoms with E-state index >= 15 is 0 Å². The average molecular weight is 467 g/mol. The van der Waals surface area contributed by atoms with Crippen LogP contribution in [0.4, 0.5) is 5.69 Å². The number of rotatable bonds is 5. The molecule has 0 amide bonds. The van der Waals surface area contributed by atoms with Crippen LogP contribution in [0.1, 0.15) is 23.1 Å². The molecule has 2 aromatic carbocycles. The summed E-state index contributed by atoms with van der Waals surface area (Å²) in [7, 11) is 5.02. The molecular formula is C20H26IN3O2. The zero-order chi connectivity index (χ0) is 17.6. The van der Waals surface area contributed by atoms with E-state index in [2.05, 4.69) is 33.8 Å². The minimum absolute atomic E-state index is 0. The zero-order valence-electron chi connectivity index (χ0n) is 15.5. The van der Waals surface area contributed by atoms with Gasteiger partial charge >= 0.3 is 0 Å². The molecule has 0 spiro atoms. The van der Waals surface area contributed by atoms with E-state index in [4.69, 9.17) is 9.47 Å². The summed E-state index contributed by atoms with van der Waals surface area (Å²) in [5.41, 5.74) is 5.15. The molecule has 0 aromatic heterocycles. The highest BCUT2D eigenvalue weighted by molar-refractivity contribution is 14.0. The monoisotopic (exact) mass is 467 g/mol. The molecule has 0 radical (unpaired) electrons. The predicted molar refractivity (Wildman–Crippen MR) is 117 cm³/mol. The van der Waals surface area contributed by atoms with E-state index in [1.165, 1.54) is 36.0 Å². The summed E-state index contributed by atoms with van der Waals surface area (Å²) in [5.74, 6) is 2.10. The fourth-order valence-electron chi connectivity index (χ4n) is 3.15. The van der Waals surface area contributed by atoms with Gasteiger partial charge in [-0.05, 0) is 48.1 Å². The van der Waals surface area contributed by atoms with Crippen molar-refractivity contribution in [3.05, 3.63) is 53.1 Å². The van der Waals surface area contributed by atoms with E-state index < -0.39 is 0 Å². The molecule has 0 heterocycles. The van der Waals surface area contributed by atoms with E-state index in [9.17, 15) is 0 Å². The van der Waals surface area contributed by atoms with E-state index in [0.717, 1.165) is 12.2 Å². The fraction of sp³-hybridized carbons (Fsp3) is 0.350. The van der Waals surface area contributed by atoms with E-state index in [-0.39, 0.29) is 24.0 Å². The lowest BCUT2D eigenvalue weighted by atomic mass is 10.1. The summed E-state index contributed by atoms with van der Waals surface area (Å²) in [5, 5.41) is 6.64. The van der Waals surface area contributed by atoms with E-state index in [1.807, 2.05) is 18.2 Å². The number of aliphatic imine (C=N–C) groups is 1. The fourth-order valence-corrected chi connectivity index (χ4v) is 3.15. The van der Waals surface area contributed by atoms with Crippen molar-refractivity contribution < 1.29 is 9.47 Å². The molecular weight excluding hydrogens is 441 g/mol. The Hall–Kier alpha value is -1.96. The van der Waals surface area contributed by atoms with Crippen molar-refractivity contribution in [3.8, 4) is 11.5 Å². The minimum Gasteiger partial charge on any atom is -0.493 e. The van der Waals surface area contributed by atoms with Gasteiger partial charge in [-0.3, -0.25) is 4.99 Å². The Morgan fingerprint density at radius 1 is 1.00 bits per heavy atom. The number of guanidine groups is 1. The average Bonchev–Trinajstić information content (AvgIpc) is 3.12. The molecule has 0 atom stereocenters. The van der Waals surface area contributed by atoms with Gasteiger partial charge in [0.05, 0.1) is 14.2 Å². The smallest absolute Gasteiger partial charge is 0.195 e. The third kappa shape index (κ3) is 4.81. The van der Waals surface area contributed by atoms with Gasteiger partial charge in [-0.25, -0.2) is 0 Å². The van der Waals surface area contributed by atoms with Gasteiger partial charge in [-0.15, -0.1) is 24.0 Å². The summed E-state index contributed by atoms with van der Waals surface area (Å²) in [4.78, 5) is 4.29. The van der Waals surface area contributed by atoms with Crippen molar-refractivity contribution in [1.29, 1.82) is 0 Å². The first-order chi connectivity index (χ1) is 12.2. The normalized spacial score (nSPS) is 12.8. The maximum atomic E-state index is 5.34. The number of nitrogens with one attached hydrogen (secondary N) is 2. The van der Waals surface area contributed by atoms with Crippen molar-refractivity contribution in [2.45, 2.75) is 25.8 Å². The summed E-state index contributed by atoms with van der Waals surface area (Å²) in [6.07, 6.45) is 3.68. The molecule has 1 aliphatic carbocycles. The lowest BCUT2D eigenvalue weighted by Crippen LogP contribution is -2.30. The van der Waals surface area contributed by atoms with Crippen LogP contribution in [0.2, 0.25) is 0 Å². The van der Waals surface area contributed by atoms with Gasteiger partial charge in [0.15, 0.2) is 17.5 Å². The van der Waals surface area contributed by atoms with Gasteiger partial charge in [0, 0.05) is 25.3 Å². The first-order valence-corrected chi connectivity index (χ1v) is 8.54. The summed E-state index contributed by atoms with van der Waals surface area (Å²) in [6.45, 7) is 0.736. The Kier molecular flexibility index (Phi) is 7.56. The SMILES string of the molecule is CN=C(NCc1ccc2c(c1)CCC2)Nc1ccc(OC)c(OC)c1.I. The third-order valence-corrected chi connectivity index (χ3v) is 4.49. The molecule has 0 unspecified atom stereocenters. The van der Waals surface area contributed by atoms with Gasteiger partial charge < -0.3 is 20.1 Å². The molecule has 0 aliphatic heterocycles. The lowest BCUT2D eigenvalue weighted by molar-refractivity contribution is 0.355. The Morgan fingerprint density at radius 2 is 1.77 bits per heavy atom. The second kappa shape index (κ2) is 9.66. The number of methoxy groups -OCH3 is 2. The van der Waals surface area contributed by atoms with Gasteiger partial charge in [-0.2, -0.15) is 0 Å². The Bertz CT molecular complexity index is 778. The Labute approximate surface area is 172 Å². The molecule has 0 fully saturated rings. The zero-order valence-corrected chi connectivity index (χ0v) is 17.8. The Balaban J connectivity index is 0.00000243. The van der Waals surface area contributed by atoms with Crippen LogP contribution in [0.15, 0.2) is 41.4 Å². The van der Waals surface area contributed by atoms with Crippen LogP contribution in [0, 0.1) is 0 Å². The number of ether oxygens (including phenoxy) is 2. The highest BCUT2D eigenvalue weighted by Crippen LogP contribution is 2.29. The number of halogens is 1. The second-order valence-electron chi connectivity index (χ2n) is 6.08. The first-order valence-electron chi connectivity index (χ1n) is 8.54. The number of hydrogen-bond donors (Lipinski definition) is 2. The molecule has 3 rings (SSSR count).